The van der Waals surface area contributed by atoms with Gasteiger partial charge in [0.05, 0.1) is 17.3 Å². The third-order valence-corrected chi connectivity index (χ3v) is 5.58. The smallest absolute Gasteiger partial charge is 0.229 e. The lowest BCUT2D eigenvalue weighted by molar-refractivity contribution is 0.329. The summed E-state index contributed by atoms with van der Waals surface area (Å²) in [5.41, 5.74) is -0.480. The van der Waals surface area contributed by atoms with Crippen LogP contribution in [-0.2, 0) is 18.9 Å². The number of halogens is 1. The Labute approximate surface area is 89.0 Å². The molecule has 0 aromatic heterocycles. The van der Waals surface area contributed by atoms with Crippen LogP contribution in [0.4, 0.5) is 0 Å². The lowest BCUT2D eigenvalue weighted by atomic mass is 9.87. The molecule has 14 heavy (non-hydrogen) atoms. The van der Waals surface area contributed by atoms with Crippen LogP contribution < -0.4 is 0 Å². The molecule has 0 saturated carbocycles. The van der Waals surface area contributed by atoms with E-state index in [1.807, 2.05) is 0 Å². The first-order valence-corrected chi connectivity index (χ1v) is 8.55. The van der Waals surface area contributed by atoms with Gasteiger partial charge >= 0.3 is 0 Å². The van der Waals surface area contributed by atoms with Crippen molar-refractivity contribution in [3.05, 3.63) is 0 Å². The normalized spacial score (nSPS) is 25.9. The second kappa shape index (κ2) is 3.64. The van der Waals surface area contributed by atoms with Crippen LogP contribution in [0.3, 0.4) is 0 Å². The zero-order valence-electron chi connectivity index (χ0n) is 7.86. The molecule has 1 rings (SSSR count). The first kappa shape index (κ1) is 12.3. The van der Waals surface area contributed by atoms with Crippen molar-refractivity contribution in [2.45, 2.75) is 19.8 Å². The highest BCUT2D eigenvalue weighted by molar-refractivity contribution is 8.13. The summed E-state index contributed by atoms with van der Waals surface area (Å²) in [5, 5.41) is 0. The predicted molar refractivity (Wildman–Crippen MR) is 55.6 cm³/mol. The zero-order chi connectivity index (χ0) is 11.0. The van der Waals surface area contributed by atoms with Gasteiger partial charge < -0.3 is 0 Å². The number of rotatable bonds is 2. The monoisotopic (exact) mass is 260 g/mol. The van der Waals surface area contributed by atoms with E-state index in [0.29, 0.717) is 12.8 Å². The quantitative estimate of drug-likeness (QED) is 0.688. The summed E-state index contributed by atoms with van der Waals surface area (Å²) in [4.78, 5) is 0. The first-order valence-electron chi connectivity index (χ1n) is 4.25. The fourth-order valence-corrected chi connectivity index (χ4v) is 5.31. The average molecular weight is 261 g/mol. The van der Waals surface area contributed by atoms with Gasteiger partial charge in [-0.2, -0.15) is 0 Å². The minimum absolute atomic E-state index is 0.0654. The van der Waals surface area contributed by atoms with E-state index in [9.17, 15) is 16.8 Å². The molecule has 4 nitrogen and oxygen atoms in total. The zero-order valence-corrected chi connectivity index (χ0v) is 10.3. The summed E-state index contributed by atoms with van der Waals surface area (Å²) in [7, 11) is -1.34. The van der Waals surface area contributed by atoms with E-state index in [4.69, 9.17) is 10.7 Å². The van der Waals surface area contributed by atoms with E-state index in [2.05, 4.69) is 0 Å². The average Bonchev–Trinajstić information content (AvgIpc) is 1.93. The van der Waals surface area contributed by atoms with E-state index >= 15 is 0 Å². The summed E-state index contributed by atoms with van der Waals surface area (Å²) in [6, 6.07) is 0. The van der Waals surface area contributed by atoms with Gasteiger partial charge in [0.15, 0.2) is 0 Å². The van der Waals surface area contributed by atoms with Crippen LogP contribution in [0.15, 0.2) is 0 Å². The summed E-state index contributed by atoms with van der Waals surface area (Å²) in [5.74, 6) is -0.0110. The third kappa shape index (κ3) is 3.74. The van der Waals surface area contributed by atoms with Crippen LogP contribution in [0.25, 0.3) is 0 Å². The van der Waals surface area contributed by atoms with Crippen LogP contribution in [0.1, 0.15) is 19.8 Å². The summed E-state index contributed by atoms with van der Waals surface area (Å²) >= 11 is 0. The summed E-state index contributed by atoms with van der Waals surface area (Å²) in [6.45, 7) is 1.77. The third-order valence-electron chi connectivity index (χ3n) is 2.55. The maximum atomic E-state index is 11.1. The molecular formula is C7H13ClO4S2. The van der Waals surface area contributed by atoms with Gasteiger partial charge in [-0.3, -0.25) is 0 Å². The molecule has 0 radical (unpaired) electrons. The predicted octanol–water partition coefficient (Wildman–Crippen LogP) is 0.770. The van der Waals surface area contributed by atoms with Crippen LogP contribution in [-0.4, -0.2) is 34.1 Å². The summed E-state index contributed by atoms with van der Waals surface area (Å²) in [6.07, 6.45) is 0.753. The summed E-state index contributed by atoms with van der Waals surface area (Å²) < 4.78 is 44.0. The highest BCUT2D eigenvalue weighted by atomic mass is 35.7. The second-order valence-electron chi connectivity index (χ2n) is 4.15. The molecule has 0 aromatic rings. The maximum Gasteiger partial charge on any atom is 0.233 e. The molecule has 7 heteroatoms. The Bertz CT molecular complexity index is 395. The lowest BCUT2D eigenvalue weighted by Gasteiger charge is -2.31. The molecule has 0 bridgehead atoms. The van der Waals surface area contributed by atoms with Crippen molar-refractivity contribution < 1.29 is 16.8 Å². The molecule has 0 spiro atoms. The first-order chi connectivity index (χ1) is 6.12. The number of hydrogen-bond acceptors (Lipinski definition) is 4. The van der Waals surface area contributed by atoms with Crippen molar-refractivity contribution in [1.29, 1.82) is 0 Å². The van der Waals surface area contributed by atoms with Crippen LogP contribution in [0.2, 0.25) is 0 Å². The van der Waals surface area contributed by atoms with Crippen molar-refractivity contribution >= 4 is 29.6 Å². The minimum atomic E-state index is -3.54. The maximum absolute atomic E-state index is 11.1. The van der Waals surface area contributed by atoms with Gasteiger partial charge in [-0.1, -0.05) is 6.92 Å². The van der Waals surface area contributed by atoms with E-state index < -0.39 is 24.3 Å². The van der Waals surface area contributed by atoms with Gasteiger partial charge in [0.25, 0.3) is 0 Å². The molecule has 0 atom stereocenters. The van der Waals surface area contributed by atoms with E-state index in [1.54, 1.807) is 6.92 Å². The molecule has 0 unspecified atom stereocenters. The molecule has 1 fully saturated rings. The van der Waals surface area contributed by atoms with Crippen molar-refractivity contribution in [1.82, 2.24) is 0 Å². The SMILES string of the molecule is CC1(CS(=O)(=O)Cl)CCS(=O)(=O)CC1. The van der Waals surface area contributed by atoms with Gasteiger partial charge in [-0.15, -0.1) is 0 Å². The van der Waals surface area contributed by atoms with E-state index in [1.165, 1.54) is 0 Å². The fraction of sp³-hybridized carbons (Fsp3) is 1.00. The standard InChI is InChI=1S/C7H13ClO4S2/c1-7(6-14(8,11)12)2-4-13(9,10)5-3-7/h2-6H2,1H3. The number of sulfone groups is 1. The minimum Gasteiger partial charge on any atom is -0.229 e. The van der Waals surface area contributed by atoms with Crippen molar-refractivity contribution in [2.75, 3.05) is 17.3 Å². The van der Waals surface area contributed by atoms with Crippen molar-refractivity contribution in [3.8, 4) is 0 Å². The van der Waals surface area contributed by atoms with Gasteiger partial charge in [-0.05, 0) is 18.3 Å². The lowest BCUT2D eigenvalue weighted by Crippen LogP contribution is -2.35. The highest BCUT2D eigenvalue weighted by Crippen LogP contribution is 2.34. The van der Waals surface area contributed by atoms with Crippen LogP contribution >= 0.6 is 10.7 Å². The van der Waals surface area contributed by atoms with Crippen LogP contribution in [0.5, 0.6) is 0 Å². The molecule has 0 N–H and O–H groups in total. The Balaban J connectivity index is 2.72. The van der Waals surface area contributed by atoms with E-state index in [-0.39, 0.29) is 17.3 Å². The fourth-order valence-electron chi connectivity index (χ4n) is 1.59. The molecular weight excluding hydrogens is 248 g/mol. The molecule has 0 aliphatic carbocycles. The Hall–Kier alpha value is 0.190. The Morgan fingerprint density at radius 3 is 2.07 bits per heavy atom. The van der Waals surface area contributed by atoms with Gasteiger partial charge in [0, 0.05) is 10.7 Å². The molecule has 1 aliphatic heterocycles. The largest absolute Gasteiger partial charge is 0.233 e. The van der Waals surface area contributed by atoms with Crippen molar-refractivity contribution in [2.24, 2.45) is 5.41 Å². The topological polar surface area (TPSA) is 68.3 Å². The van der Waals surface area contributed by atoms with Crippen LogP contribution in [0, 0.1) is 5.41 Å². The molecule has 1 heterocycles. The van der Waals surface area contributed by atoms with Gasteiger partial charge in [-0.25, -0.2) is 16.8 Å². The second-order valence-corrected chi connectivity index (χ2v) is 9.23. The van der Waals surface area contributed by atoms with Crippen molar-refractivity contribution in [3.63, 3.8) is 0 Å². The molecule has 0 aromatic carbocycles. The molecule has 1 saturated heterocycles. The highest BCUT2D eigenvalue weighted by Gasteiger charge is 2.36. The number of hydrogen-bond donors (Lipinski definition) is 0. The van der Waals surface area contributed by atoms with Gasteiger partial charge in [0.2, 0.25) is 9.05 Å². The Morgan fingerprint density at radius 1 is 1.29 bits per heavy atom. The Morgan fingerprint density at radius 2 is 1.71 bits per heavy atom. The van der Waals surface area contributed by atoms with Gasteiger partial charge in [0.1, 0.15) is 9.84 Å². The molecule has 84 valence electrons. The Kier molecular flexibility index (Phi) is 3.19. The molecule has 0 amide bonds. The molecule has 1 aliphatic rings. The van der Waals surface area contributed by atoms with E-state index in [0.717, 1.165) is 0 Å².